The van der Waals surface area contributed by atoms with E-state index in [0.29, 0.717) is 17.1 Å². The van der Waals surface area contributed by atoms with E-state index in [1.807, 2.05) is 6.92 Å². The van der Waals surface area contributed by atoms with Crippen molar-refractivity contribution in [2.24, 2.45) is 5.73 Å². The van der Waals surface area contributed by atoms with Gasteiger partial charge in [0.2, 0.25) is 5.91 Å². The Labute approximate surface area is 176 Å². The molecule has 2 aliphatic rings. The lowest BCUT2D eigenvalue weighted by atomic mass is 9.98. The molecule has 0 spiro atoms. The summed E-state index contributed by atoms with van der Waals surface area (Å²) < 4.78 is 5.35. The number of hydrogen-bond donors (Lipinski definition) is 4. The molecule has 0 saturated carbocycles. The normalized spacial score (nSPS) is 24.6. The van der Waals surface area contributed by atoms with Gasteiger partial charge in [-0.1, -0.05) is 6.92 Å². The molecular weight excluding hydrogens is 422 g/mol. The number of amides is 2. The SMILES string of the molecule is CCSCC1=C(C(=O)O)N2C(=O)[C@](NC(=O)CCCC(N)C(=O)O)(OC)[C@@H]2SC1. The number of carboxylic acid groups (broad SMARTS) is 2. The molecule has 2 heterocycles. The monoisotopic (exact) mass is 447 g/mol. The number of hydrogen-bond acceptors (Lipinski definition) is 8. The summed E-state index contributed by atoms with van der Waals surface area (Å²) in [4.78, 5) is 48.9. The van der Waals surface area contributed by atoms with Crippen molar-refractivity contribution in [3.05, 3.63) is 11.3 Å². The maximum absolute atomic E-state index is 12.9. The predicted octanol–water partition coefficient (Wildman–Crippen LogP) is 0.0344. The summed E-state index contributed by atoms with van der Waals surface area (Å²) in [7, 11) is 1.28. The Bertz CT molecular complexity index is 730. The van der Waals surface area contributed by atoms with Crippen molar-refractivity contribution in [3.63, 3.8) is 0 Å². The van der Waals surface area contributed by atoms with E-state index in [-0.39, 0.29) is 25.0 Å². The third-order valence-electron chi connectivity index (χ3n) is 4.68. The standard InChI is InChI=1S/C17H25N3O7S2/c1-3-28-7-9-8-29-16-17(27-2,15(26)20(16)12(9)14(24)25)19-11(21)6-4-5-10(18)13(22)23/h10,16H,3-8,18H2,1-2H3,(H,19,21)(H,22,23)(H,24,25)/t10?,16-,17-/m0/s1. The highest BCUT2D eigenvalue weighted by atomic mass is 32.2. The summed E-state index contributed by atoms with van der Waals surface area (Å²) in [6.45, 7) is 1.97. The zero-order chi connectivity index (χ0) is 21.8. The Kier molecular flexibility index (Phi) is 7.97. The van der Waals surface area contributed by atoms with Crippen LogP contribution >= 0.6 is 23.5 Å². The van der Waals surface area contributed by atoms with Crippen molar-refractivity contribution in [2.75, 3.05) is 24.4 Å². The molecule has 5 N–H and O–H groups in total. The Morgan fingerprint density at radius 1 is 1.45 bits per heavy atom. The fraction of sp³-hybridized carbons (Fsp3) is 0.647. The van der Waals surface area contributed by atoms with Gasteiger partial charge in [-0.15, -0.1) is 11.8 Å². The summed E-state index contributed by atoms with van der Waals surface area (Å²) in [5.74, 6) is -1.71. The Balaban J connectivity index is 2.09. The second-order valence-corrected chi connectivity index (χ2v) is 8.90. The number of methoxy groups -OCH3 is 1. The topological polar surface area (TPSA) is 159 Å². The van der Waals surface area contributed by atoms with E-state index in [0.717, 1.165) is 5.75 Å². The van der Waals surface area contributed by atoms with Crippen LogP contribution in [0.4, 0.5) is 0 Å². The van der Waals surface area contributed by atoms with Crippen LogP contribution in [0.15, 0.2) is 11.3 Å². The number of β-lactam (4-membered cyclic amide) rings is 1. The second kappa shape index (κ2) is 9.83. The van der Waals surface area contributed by atoms with Crippen LogP contribution in [0.25, 0.3) is 0 Å². The Morgan fingerprint density at radius 3 is 2.69 bits per heavy atom. The molecule has 0 radical (unpaired) electrons. The highest BCUT2D eigenvalue weighted by Crippen LogP contribution is 2.47. The van der Waals surface area contributed by atoms with E-state index < -0.39 is 40.9 Å². The molecule has 1 fully saturated rings. The lowest BCUT2D eigenvalue weighted by Gasteiger charge is -2.55. The fourth-order valence-corrected chi connectivity index (χ4v) is 5.41. The van der Waals surface area contributed by atoms with E-state index in [4.69, 9.17) is 15.6 Å². The van der Waals surface area contributed by atoms with Gasteiger partial charge >= 0.3 is 11.9 Å². The van der Waals surface area contributed by atoms with E-state index in [2.05, 4.69) is 5.32 Å². The van der Waals surface area contributed by atoms with Gasteiger partial charge in [0.15, 0.2) is 0 Å². The molecule has 0 aromatic heterocycles. The number of carbonyl (C=O) groups excluding carboxylic acids is 2. The van der Waals surface area contributed by atoms with E-state index in [1.54, 1.807) is 11.8 Å². The molecule has 0 aromatic rings. The molecule has 3 atom stereocenters. The summed E-state index contributed by atoms with van der Waals surface area (Å²) in [6.07, 6.45) is 0.315. The minimum absolute atomic E-state index is 0.0310. The summed E-state index contributed by atoms with van der Waals surface area (Å²) in [5.41, 5.74) is 4.39. The van der Waals surface area contributed by atoms with Gasteiger partial charge in [-0.05, 0) is 24.2 Å². The van der Waals surface area contributed by atoms with Gasteiger partial charge in [0.05, 0.1) is 0 Å². The number of thioether (sulfide) groups is 2. The van der Waals surface area contributed by atoms with E-state index in [9.17, 15) is 24.3 Å². The quantitative estimate of drug-likeness (QED) is 0.251. The molecule has 162 valence electrons. The summed E-state index contributed by atoms with van der Waals surface area (Å²) >= 11 is 2.90. The fourth-order valence-electron chi connectivity index (χ4n) is 3.16. The van der Waals surface area contributed by atoms with Gasteiger partial charge < -0.3 is 26.0 Å². The van der Waals surface area contributed by atoms with Crippen LogP contribution in [0.2, 0.25) is 0 Å². The average Bonchev–Trinajstić information content (AvgIpc) is 2.68. The molecule has 12 heteroatoms. The minimum Gasteiger partial charge on any atom is -0.480 e. The third kappa shape index (κ3) is 4.71. The molecule has 0 bridgehead atoms. The number of carbonyl (C=O) groups is 4. The molecule has 1 saturated heterocycles. The van der Waals surface area contributed by atoms with Crippen LogP contribution < -0.4 is 11.1 Å². The first-order chi connectivity index (χ1) is 13.7. The van der Waals surface area contributed by atoms with Gasteiger partial charge in [0, 0.05) is 25.0 Å². The molecule has 2 aliphatic heterocycles. The first-order valence-corrected chi connectivity index (χ1v) is 11.2. The Hall–Kier alpha value is -1.76. The number of aliphatic carboxylic acids is 2. The predicted molar refractivity (Wildman–Crippen MR) is 108 cm³/mol. The minimum atomic E-state index is -1.64. The molecule has 1 unspecified atom stereocenters. The van der Waals surface area contributed by atoms with Crippen molar-refractivity contribution < 1.29 is 34.1 Å². The average molecular weight is 448 g/mol. The van der Waals surface area contributed by atoms with Crippen LogP contribution in [-0.2, 0) is 23.9 Å². The van der Waals surface area contributed by atoms with Gasteiger partial charge in [0.1, 0.15) is 17.1 Å². The largest absolute Gasteiger partial charge is 0.480 e. The number of nitrogens with one attached hydrogen (secondary N) is 1. The zero-order valence-corrected chi connectivity index (χ0v) is 17.8. The first kappa shape index (κ1) is 23.5. The number of fused-ring (bicyclic) bond motifs is 1. The van der Waals surface area contributed by atoms with Crippen molar-refractivity contribution >= 4 is 47.3 Å². The smallest absolute Gasteiger partial charge is 0.352 e. The van der Waals surface area contributed by atoms with Gasteiger partial charge in [-0.25, -0.2) is 4.79 Å². The van der Waals surface area contributed by atoms with Crippen LogP contribution in [0.3, 0.4) is 0 Å². The maximum Gasteiger partial charge on any atom is 0.352 e. The lowest BCUT2D eigenvalue weighted by Crippen LogP contribution is -2.80. The first-order valence-electron chi connectivity index (χ1n) is 9.02. The number of carboxylic acids is 2. The maximum atomic E-state index is 12.9. The number of ether oxygens (including phenoxy) is 1. The molecule has 2 rings (SSSR count). The lowest BCUT2D eigenvalue weighted by molar-refractivity contribution is -0.192. The molecule has 0 aromatic carbocycles. The van der Waals surface area contributed by atoms with Gasteiger partial charge in [-0.3, -0.25) is 19.3 Å². The number of nitrogens with two attached hydrogens (primary N) is 1. The highest BCUT2D eigenvalue weighted by Gasteiger charge is 2.66. The van der Waals surface area contributed by atoms with Crippen molar-refractivity contribution in [1.29, 1.82) is 0 Å². The molecule has 10 nitrogen and oxygen atoms in total. The molecule has 2 amide bonds. The van der Waals surface area contributed by atoms with Crippen LogP contribution in [0.5, 0.6) is 0 Å². The summed E-state index contributed by atoms with van der Waals surface area (Å²) in [6, 6.07) is -1.06. The zero-order valence-electron chi connectivity index (χ0n) is 16.2. The molecule has 0 aliphatic carbocycles. The third-order valence-corrected chi connectivity index (χ3v) is 7.01. The number of rotatable bonds is 11. The summed E-state index contributed by atoms with van der Waals surface area (Å²) in [5, 5.41) is 20.3. The number of nitrogens with zero attached hydrogens (tertiary/aromatic N) is 1. The second-order valence-electron chi connectivity index (χ2n) is 6.56. The molecule has 29 heavy (non-hydrogen) atoms. The van der Waals surface area contributed by atoms with Crippen molar-refractivity contribution in [3.8, 4) is 0 Å². The Morgan fingerprint density at radius 2 is 2.14 bits per heavy atom. The van der Waals surface area contributed by atoms with Crippen molar-refractivity contribution in [1.82, 2.24) is 10.2 Å². The van der Waals surface area contributed by atoms with Gasteiger partial charge in [0.25, 0.3) is 11.6 Å². The van der Waals surface area contributed by atoms with Crippen LogP contribution in [0, 0.1) is 0 Å². The van der Waals surface area contributed by atoms with E-state index in [1.165, 1.54) is 23.8 Å². The highest BCUT2D eigenvalue weighted by molar-refractivity contribution is 8.01. The van der Waals surface area contributed by atoms with Gasteiger partial charge in [-0.2, -0.15) is 11.8 Å². The molecular formula is C17H25N3O7S2. The van der Waals surface area contributed by atoms with E-state index >= 15 is 0 Å². The van der Waals surface area contributed by atoms with Crippen LogP contribution in [0.1, 0.15) is 26.2 Å². The van der Waals surface area contributed by atoms with Crippen molar-refractivity contribution in [2.45, 2.75) is 43.3 Å². The van der Waals surface area contributed by atoms with Crippen LogP contribution in [-0.4, -0.2) is 80.4 Å².